The molecule has 127 heavy (non-hydrogen) atoms. The van der Waals surface area contributed by atoms with Crippen molar-refractivity contribution in [3.8, 4) is 113 Å². The molecule has 17 aromatic carbocycles. The lowest BCUT2D eigenvalue weighted by Crippen LogP contribution is -2.00. The number of pyridine rings is 3. The molecule has 0 atom stereocenters. The first-order valence-corrected chi connectivity index (χ1v) is 44.7. The number of fused-ring (bicyclic) bond motifs is 19. The van der Waals surface area contributed by atoms with E-state index in [0.29, 0.717) is 29.1 Å². The van der Waals surface area contributed by atoms with Crippen LogP contribution >= 0.6 is 34.0 Å². The molecular weight excluding hydrogens is 1610 g/mol. The highest BCUT2D eigenvalue weighted by atomic mass is 32.1. The van der Waals surface area contributed by atoms with Crippen LogP contribution in [0, 0.1) is 0 Å². The van der Waals surface area contributed by atoms with Crippen LogP contribution in [0.3, 0.4) is 0 Å². The van der Waals surface area contributed by atoms with E-state index < -0.39 is 0 Å². The Balaban J connectivity index is 0.000000107. The van der Waals surface area contributed by atoms with Crippen LogP contribution in [-0.2, 0) is 0 Å². The summed E-state index contributed by atoms with van der Waals surface area (Å²) < 4.78 is 7.62. The van der Waals surface area contributed by atoms with Crippen LogP contribution in [0.5, 0.6) is 0 Å². The average Bonchev–Trinajstić information content (AvgIpc) is 1.72. The average molecular weight is 1670 g/mol. The van der Waals surface area contributed by atoms with Gasteiger partial charge in [0.2, 0.25) is 0 Å². The fraction of sp³-hybridized carbons (Fsp3) is 0. The molecule has 0 amide bonds. The third kappa shape index (κ3) is 13.7. The van der Waals surface area contributed by atoms with Gasteiger partial charge in [-0.15, -0.1) is 34.0 Å². The topological polar surface area (TPSA) is 129 Å². The van der Waals surface area contributed by atoms with Gasteiger partial charge in [-0.2, -0.15) is 0 Å². The van der Waals surface area contributed by atoms with Crippen LogP contribution in [0.1, 0.15) is 0 Å². The molecule has 0 aliphatic rings. The van der Waals surface area contributed by atoms with Crippen molar-refractivity contribution >= 4 is 170 Å². The van der Waals surface area contributed by atoms with Crippen molar-refractivity contribution in [1.29, 1.82) is 0 Å². The highest BCUT2D eigenvalue weighted by molar-refractivity contribution is 7.26. The van der Waals surface area contributed by atoms with Gasteiger partial charge in [0.05, 0.1) is 50.5 Å². The minimum absolute atomic E-state index is 0.633. The van der Waals surface area contributed by atoms with Gasteiger partial charge in [-0.3, -0.25) is 0 Å². The predicted molar refractivity (Wildman–Crippen MR) is 533 cm³/mol. The Morgan fingerprint density at radius 1 is 0.126 bits per heavy atom. The van der Waals surface area contributed by atoms with Crippen molar-refractivity contribution in [3.05, 3.63) is 413 Å². The third-order valence-electron chi connectivity index (χ3n) is 23.8. The lowest BCUT2D eigenvalue weighted by Gasteiger charge is -2.13. The van der Waals surface area contributed by atoms with Gasteiger partial charge in [0, 0.05) is 137 Å². The van der Waals surface area contributed by atoms with Gasteiger partial charge < -0.3 is 0 Å². The quantitative estimate of drug-likeness (QED) is 0.122. The van der Waals surface area contributed by atoms with Gasteiger partial charge in [-0.25, -0.2) is 49.8 Å². The van der Waals surface area contributed by atoms with Gasteiger partial charge in [0.1, 0.15) is 5.69 Å². The maximum atomic E-state index is 5.28. The Morgan fingerprint density at radius 2 is 0.449 bits per heavy atom. The normalized spacial score (nSPS) is 11.6. The van der Waals surface area contributed by atoms with Crippen LogP contribution in [0.4, 0.5) is 0 Å². The number of hydrogen-bond acceptors (Lipinski definition) is 13. The van der Waals surface area contributed by atoms with E-state index in [-0.39, 0.29) is 0 Å². The molecule has 0 N–H and O–H groups in total. The summed E-state index contributed by atoms with van der Waals surface area (Å²) >= 11 is 5.45. The standard InChI is InChI=1S/C40H24N4S.C39H23N3S.C35H21N3S/c1-3-11-26(12-4-1)38-42-39(27-13-5-2-6-14-27)44-40(43-38)28-21-19-25(20-22-28)37-31-17-8-7-15-29(31)32-23-33-30-16-9-10-18-35(30)45-36(33)24-34(32)41-37;1-2-11-24(12-3-1)25-13-10-14-26(21-25)37-30-18-6-8-19-33(30)41-39(42-37)38-29-17-5-4-15-27(29)31-22-32-28-16-7-9-20-35(28)43-36(32)23-34(31)40-38;1-3-11-22(12-4-1)29-20-31(38-35(37-29)23-13-5-2-6-14-23)34-26-17-8-7-15-24(26)27-19-28-25-16-9-10-18-32(25)39-33(28)21-30(27)36-34/h1-24H;1-23H;1-21H. The Labute approximate surface area is 740 Å². The Hall–Kier alpha value is -16.2. The lowest BCUT2D eigenvalue weighted by molar-refractivity contribution is 1.07. The van der Waals surface area contributed by atoms with Crippen molar-refractivity contribution in [2.24, 2.45) is 0 Å². The van der Waals surface area contributed by atoms with Crippen LogP contribution in [-0.4, -0.2) is 49.8 Å². The highest BCUT2D eigenvalue weighted by Crippen LogP contribution is 2.46. The minimum atomic E-state index is 0.633. The molecular formula is C114H68N10S3. The summed E-state index contributed by atoms with van der Waals surface area (Å²) in [6.45, 7) is 0. The lowest BCUT2D eigenvalue weighted by atomic mass is 9.98. The summed E-state index contributed by atoms with van der Waals surface area (Å²) in [5.41, 5.74) is 18.4. The van der Waals surface area contributed by atoms with E-state index in [9.17, 15) is 0 Å². The molecule has 26 rings (SSSR count). The van der Waals surface area contributed by atoms with E-state index in [2.05, 4.69) is 303 Å². The molecule has 0 aliphatic carbocycles. The summed E-state index contributed by atoms with van der Waals surface area (Å²) in [6, 6.07) is 144. The zero-order valence-corrected chi connectivity index (χ0v) is 70.4. The SMILES string of the molecule is c1ccc(-c2cc(-c3nc4cc5sc6ccccc6c5cc4c4ccccc34)nc(-c3ccccc3)n2)cc1.c1ccc(-c2cccc(-c3nc(-c4nc5cc6sc7ccccc7c6cc5c5ccccc45)nc4ccccc34)c2)cc1.c1ccc(-c2nc(-c3ccccc3)nc(-c3ccc(-c4nc5cc6sc7ccccc7c6cc5c5ccccc45)cc3)n2)cc1. The molecule has 592 valence electrons. The molecule has 0 spiro atoms. The number of hydrogen-bond donors (Lipinski definition) is 0. The number of benzene rings is 17. The Morgan fingerprint density at radius 3 is 0.921 bits per heavy atom. The molecule has 0 saturated heterocycles. The number of nitrogens with zero attached hydrogens (tertiary/aromatic N) is 10. The maximum absolute atomic E-state index is 5.28. The molecule has 10 nitrogen and oxygen atoms in total. The first-order valence-electron chi connectivity index (χ1n) is 42.2. The van der Waals surface area contributed by atoms with Crippen LogP contribution in [0.15, 0.2) is 413 Å². The molecule has 0 bridgehead atoms. The molecule has 13 heteroatoms. The largest absolute Gasteiger partial charge is 0.247 e. The van der Waals surface area contributed by atoms with E-state index >= 15 is 0 Å². The number of thiophene rings is 3. The fourth-order valence-electron chi connectivity index (χ4n) is 17.7. The third-order valence-corrected chi connectivity index (χ3v) is 27.2. The first-order chi connectivity index (χ1) is 62.9. The Kier molecular flexibility index (Phi) is 18.6. The molecule has 9 aromatic heterocycles. The second-order valence-corrected chi connectivity index (χ2v) is 34.8. The summed E-state index contributed by atoms with van der Waals surface area (Å²) in [7, 11) is 0. The van der Waals surface area contributed by atoms with Crippen LogP contribution in [0.2, 0.25) is 0 Å². The second kappa shape index (κ2) is 31.6. The number of para-hydroxylation sites is 1. The van der Waals surface area contributed by atoms with Gasteiger partial charge in [-0.1, -0.05) is 340 Å². The maximum Gasteiger partial charge on any atom is 0.179 e. The smallest absolute Gasteiger partial charge is 0.179 e. The molecule has 0 saturated carbocycles. The predicted octanol–water partition coefficient (Wildman–Crippen LogP) is 30.9. The van der Waals surface area contributed by atoms with Gasteiger partial charge in [-0.05, 0) is 100 Å². The van der Waals surface area contributed by atoms with Crippen molar-refractivity contribution in [2.45, 2.75) is 0 Å². The molecule has 0 aliphatic heterocycles. The highest BCUT2D eigenvalue weighted by Gasteiger charge is 2.23. The minimum Gasteiger partial charge on any atom is -0.247 e. The zero-order valence-electron chi connectivity index (χ0n) is 68.0. The fourth-order valence-corrected chi connectivity index (χ4v) is 21.1. The summed E-state index contributed by atoms with van der Waals surface area (Å²) in [4.78, 5) is 50.9. The molecule has 26 aromatic rings. The van der Waals surface area contributed by atoms with E-state index in [1.807, 2.05) is 143 Å². The second-order valence-electron chi connectivity index (χ2n) is 31.6. The Bertz CT molecular complexity index is 8720. The molecule has 0 unspecified atom stereocenters. The zero-order chi connectivity index (χ0) is 83.8. The number of aromatic nitrogens is 10. The first kappa shape index (κ1) is 74.7. The van der Waals surface area contributed by atoms with Gasteiger partial charge in [0.15, 0.2) is 29.1 Å². The monoisotopic (exact) mass is 1670 g/mol. The van der Waals surface area contributed by atoms with E-state index in [1.54, 1.807) is 0 Å². The summed E-state index contributed by atoms with van der Waals surface area (Å²) in [5.74, 6) is 3.26. The van der Waals surface area contributed by atoms with Crippen molar-refractivity contribution in [3.63, 3.8) is 0 Å². The van der Waals surface area contributed by atoms with Crippen molar-refractivity contribution in [1.82, 2.24) is 49.8 Å². The summed E-state index contributed by atoms with van der Waals surface area (Å²) in [5, 5.41) is 19.0. The van der Waals surface area contributed by atoms with Crippen molar-refractivity contribution in [2.75, 3.05) is 0 Å². The van der Waals surface area contributed by atoms with Crippen LogP contribution < -0.4 is 0 Å². The van der Waals surface area contributed by atoms with Gasteiger partial charge in [0.25, 0.3) is 0 Å². The molecule has 0 fully saturated rings. The van der Waals surface area contributed by atoms with Gasteiger partial charge >= 0.3 is 0 Å². The van der Waals surface area contributed by atoms with E-state index in [1.165, 1.54) is 82.2 Å². The number of rotatable bonds is 10. The van der Waals surface area contributed by atoms with E-state index in [0.717, 1.165) is 138 Å². The van der Waals surface area contributed by atoms with Crippen LogP contribution in [0.25, 0.3) is 250 Å². The van der Waals surface area contributed by atoms with E-state index in [4.69, 9.17) is 49.8 Å². The van der Waals surface area contributed by atoms with Crippen molar-refractivity contribution < 1.29 is 0 Å². The molecule has 0 radical (unpaired) electrons. The summed E-state index contributed by atoms with van der Waals surface area (Å²) in [6.07, 6.45) is 0. The molecule has 9 heterocycles.